The highest BCUT2D eigenvalue weighted by Gasteiger charge is 2.14. The molecule has 0 radical (unpaired) electrons. The molecule has 2 N–H and O–H groups in total. The van der Waals surface area contributed by atoms with E-state index in [2.05, 4.69) is 10.9 Å². The molecule has 0 bridgehead atoms. The first-order valence-corrected chi connectivity index (χ1v) is 4.04. The number of rotatable bonds is 1. The number of benzene rings is 1. The SMILES string of the molecule is C#Cc1c(C(=O)O)[nH]c2ccccc12. The van der Waals surface area contributed by atoms with Crippen LogP contribution in [0.4, 0.5) is 0 Å². The highest BCUT2D eigenvalue weighted by atomic mass is 16.4. The Bertz CT molecular complexity index is 546. The van der Waals surface area contributed by atoms with Crippen LogP contribution in [0.2, 0.25) is 0 Å². The fraction of sp³-hybridized carbons (Fsp3) is 0. The lowest BCUT2D eigenvalue weighted by molar-refractivity contribution is 0.0691. The van der Waals surface area contributed by atoms with Crippen LogP contribution in [0.25, 0.3) is 10.9 Å². The van der Waals surface area contributed by atoms with Gasteiger partial charge >= 0.3 is 5.97 Å². The van der Waals surface area contributed by atoms with E-state index < -0.39 is 5.97 Å². The van der Waals surface area contributed by atoms with Gasteiger partial charge in [-0.25, -0.2) is 4.79 Å². The lowest BCUT2D eigenvalue weighted by Gasteiger charge is -1.89. The van der Waals surface area contributed by atoms with Gasteiger partial charge in [0.1, 0.15) is 5.69 Å². The van der Waals surface area contributed by atoms with E-state index in [0.29, 0.717) is 5.56 Å². The van der Waals surface area contributed by atoms with Crippen molar-refractivity contribution in [2.45, 2.75) is 0 Å². The molecule has 0 aliphatic rings. The number of carbonyl (C=O) groups is 1. The predicted molar refractivity (Wildman–Crippen MR) is 53.2 cm³/mol. The van der Waals surface area contributed by atoms with E-state index in [1.807, 2.05) is 12.1 Å². The molecule has 0 amide bonds. The summed E-state index contributed by atoms with van der Waals surface area (Å²) < 4.78 is 0. The van der Waals surface area contributed by atoms with Crippen molar-refractivity contribution in [3.63, 3.8) is 0 Å². The number of hydrogen-bond donors (Lipinski definition) is 2. The van der Waals surface area contributed by atoms with E-state index >= 15 is 0 Å². The Labute approximate surface area is 80.4 Å². The number of H-pyrrole nitrogens is 1. The van der Waals surface area contributed by atoms with Gasteiger partial charge in [-0.3, -0.25) is 0 Å². The van der Waals surface area contributed by atoms with Crippen LogP contribution in [-0.4, -0.2) is 16.1 Å². The van der Waals surface area contributed by atoms with Crippen molar-refractivity contribution >= 4 is 16.9 Å². The number of carboxylic acid groups (broad SMARTS) is 1. The van der Waals surface area contributed by atoms with Crippen molar-refractivity contribution in [2.24, 2.45) is 0 Å². The Hall–Kier alpha value is -2.21. The van der Waals surface area contributed by atoms with Gasteiger partial charge in [0.05, 0.1) is 5.56 Å². The molecule has 3 nitrogen and oxygen atoms in total. The molecule has 1 heterocycles. The van der Waals surface area contributed by atoms with Crippen LogP contribution in [0.15, 0.2) is 24.3 Å². The number of nitrogens with one attached hydrogen (secondary N) is 1. The smallest absolute Gasteiger partial charge is 0.353 e. The Morgan fingerprint density at radius 2 is 2.14 bits per heavy atom. The van der Waals surface area contributed by atoms with Gasteiger partial charge in [-0.1, -0.05) is 24.1 Å². The second kappa shape index (κ2) is 2.93. The summed E-state index contributed by atoms with van der Waals surface area (Å²) >= 11 is 0. The van der Waals surface area contributed by atoms with Crippen molar-refractivity contribution in [1.82, 2.24) is 4.98 Å². The van der Waals surface area contributed by atoms with Crippen molar-refractivity contribution in [1.29, 1.82) is 0 Å². The molecule has 68 valence electrons. The monoisotopic (exact) mass is 185 g/mol. The van der Waals surface area contributed by atoms with Crippen LogP contribution < -0.4 is 0 Å². The predicted octanol–water partition coefficient (Wildman–Crippen LogP) is 1.85. The Balaban J connectivity index is 2.87. The summed E-state index contributed by atoms with van der Waals surface area (Å²) in [6.07, 6.45) is 5.27. The van der Waals surface area contributed by atoms with Crippen LogP contribution in [-0.2, 0) is 0 Å². The number of fused-ring (bicyclic) bond motifs is 1. The van der Waals surface area contributed by atoms with E-state index in [1.54, 1.807) is 12.1 Å². The number of hydrogen-bond acceptors (Lipinski definition) is 1. The molecular weight excluding hydrogens is 178 g/mol. The third kappa shape index (κ3) is 1.05. The first-order chi connectivity index (χ1) is 6.74. The minimum Gasteiger partial charge on any atom is -0.477 e. The molecular formula is C11H7NO2. The third-order valence-electron chi connectivity index (χ3n) is 2.06. The summed E-state index contributed by atoms with van der Waals surface area (Å²) in [5.41, 5.74) is 1.24. The molecule has 0 aliphatic carbocycles. The lowest BCUT2D eigenvalue weighted by atomic mass is 10.1. The summed E-state index contributed by atoms with van der Waals surface area (Å²) in [5, 5.41) is 9.64. The van der Waals surface area contributed by atoms with Crippen molar-refractivity contribution in [2.75, 3.05) is 0 Å². The van der Waals surface area contributed by atoms with Crippen LogP contribution in [0.5, 0.6) is 0 Å². The van der Waals surface area contributed by atoms with E-state index in [4.69, 9.17) is 11.5 Å². The van der Waals surface area contributed by atoms with Gasteiger partial charge in [0, 0.05) is 10.9 Å². The summed E-state index contributed by atoms with van der Waals surface area (Å²) in [7, 11) is 0. The zero-order valence-corrected chi connectivity index (χ0v) is 7.24. The van der Waals surface area contributed by atoms with E-state index in [1.165, 1.54) is 0 Å². The molecule has 3 heteroatoms. The first kappa shape index (κ1) is 8.39. The van der Waals surface area contributed by atoms with Crippen molar-refractivity contribution < 1.29 is 9.90 Å². The summed E-state index contributed by atoms with van der Waals surface area (Å²) in [6, 6.07) is 7.24. The van der Waals surface area contributed by atoms with Crippen LogP contribution in [0.1, 0.15) is 16.1 Å². The van der Waals surface area contributed by atoms with Gasteiger partial charge in [0.2, 0.25) is 0 Å². The minimum atomic E-state index is -1.03. The number of carboxylic acids is 1. The summed E-state index contributed by atoms with van der Waals surface area (Å²) in [4.78, 5) is 13.6. The van der Waals surface area contributed by atoms with Gasteiger partial charge < -0.3 is 10.1 Å². The van der Waals surface area contributed by atoms with Crippen LogP contribution in [0, 0.1) is 12.3 Å². The fourth-order valence-corrected chi connectivity index (χ4v) is 1.45. The highest BCUT2D eigenvalue weighted by Crippen LogP contribution is 2.21. The molecule has 14 heavy (non-hydrogen) atoms. The zero-order chi connectivity index (χ0) is 10.1. The van der Waals surface area contributed by atoms with Crippen molar-refractivity contribution in [3.8, 4) is 12.3 Å². The van der Waals surface area contributed by atoms with Gasteiger partial charge in [0.15, 0.2) is 0 Å². The standard InChI is InChI=1S/C11H7NO2/c1-2-7-8-5-3-4-6-9(8)12-10(7)11(13)14/h1,3-6,12H,(H,13,14). The minimum absolute atomic E-state index is 0.0775. The van der Waals surface area contributed by atoms with Crippen LogP contribution >= 0.6 is 0 Å². The highest BCUT2D eigenvalue weighted by molar-refractivity contribution is 5.99. The molecule has 0 saturated heterocycles. The van der Waals surface area contributed by atoms with E-state index in [-0.39, 0.29) is 5.69 Å². The van der Waals surface area contributed by atoms with Gasteiger partial charge in [-0.15, -0.1) is 6.42 Å². The second-order valence-electron chi connectivity index (χ2n) is 2.87. The second-order valence-corrected chi connectivity index (χ2v) is 2.87. The topological polar surface area (TPSA) is 53.1 Å². The average molecular weight is 185 g/mol. The number of terminal acetylenes is 1. The third-order valence-corrected chi connectivity index (χ3v) is 2.06. The Kier molecular flexibility index (Phi) is 1.76. The largest absolute Gasteiger partial charge is 0.477 e. The maximum Gasteiger partial charge on any atom is 0.353 e. The maximum absolute atomic E-state index is 10.8. The molecule has 1 aromatic carbocycles. The zero-order valence-electron chi connectivity index (χ0n) is 7.24. The lowest BCUT2D eigenvalue weighted by Crippen LogP contribution is -1.98. The van der Waals surface area contributed by atoms with Crippen LogP contribution in [0.3, 0.4) is 0 Å². The Morgan fingerprint density at radius 1 is 1.43 bits per heavy atom. The maximum atomic E-state index is 10.8. The van der Waals surface area contributed by atoms with Gasteiger partial charge in [-0.2, -0.15) is 0 Å². The van der Waals surface area contributed by atoms with E-state index in [0.717, 1.165) is 10.9 Å². The molecule has 2 rings (SSSR count). The molecule has 0 unspecified atom stereocenters. The molecule has 0 saturated carbocycles. The van der Waals surface area contributed by atoms with E-state index in [9.17, 15) is 4.79 Å². The first-order valence-electron chi connectivity index (χ1n) is 4.04. The normalized spacial score (nSPS) is 9.93. The fourth-order valence-electron chi connectivity index (χ4n) is 1.45. The summed E-state index contributed by atoms with van der Waals surface area (Å²) in [5.74, 6) is 1.35. The number of para-hydroxylation sites is 1. The molecule has 0 fully saturated rings. The number of aromatic amines is 1. The summed E-state index contributed by atoms with van der Waals surface area (Å²) in [6.45, 7) is 0. The number of aromatic nitrogens is 1. The molecule has 0 aliphatic heterocycles. The van der Waals surface area contributed by atoms with Crippen molar-refractivity contribution in [3.05, 3.63) is 35.5 Å². The van der Waals surface area contributed by atoms with Gasteiger partial charge in [0.25, 0.3) is 0 Å². The number of aromatic carboxylic acids is 1. The average Bonchev–Trinajstić information content (AvgIpc) is 2.56. The molecule has 0 spiro atoms. The molecule has 2 aromatic rings. The Morgan fingerprint density at radius 3 is 2.79 bits per heavy atom. The molecule has 0 atom stereocenters. The molecule has 1 aromatic heterocycles. The van der Waals surface area contributed by atoms with Gasteiger partial charge in [-0.05, 0) is 6.07 Å². The quantitative estimate of drug-likeness (QED) is 0.666.